The summed E-state index contributed by atoms with van der Waals surface area (Å²) in [5, 5.41) is 9.59. The van der Waals surface area contributed by atoms with Crippen LogP contribution in [0.2, 0.25) is 0 Å². The maximum absolute atomic E-state index is 11.7. The summed E-state index contributed by atoms with van der Waals surface area (Å²) in [6, 6.07) is 11.6. The van der Waals surface area contributed by atoms with Crippen LogP contribution in [0.1, 0.15) is 16.9 Å². The molecule has 0 saturated carbocycles. The van der Waals surface area contributed by atoms with Crippen LogP contribution >= 0.6 is 0 Å². The zero-order chi connectivity index (χ0) is 12.6. The zero-order valence-electron chi connectivity index (χ0n) is 9.93. The molecule has 0 spiro atoms. The molecule has 1 N–H and O–H groups in total. The number of hydrogen-bond acceptors (Lipinski definition) is 2. The SMILES string of the molecule is O=C(O)C1(Cc2ccco2)Cc2ccccc2C1. The molecule has 0 saturated heterocycles. The molecule has 0 atom stereocenters. The van der Waals surface area contributed by atoms with Crippen molar-refractivity contribution in [3.8, 4) is 0 Å². The summed E-state index contributed by atoms with van der Waals surface area (Å²) in [5.41, 5.74) is 1.54. The molecular formula is C15H14O3. The first-order valence-corrected chi connectivity index (χ1v) is 6.02. The number of furan rings is 1. The molecule has 1 aliphatic rings. The van der Waals surface area contributed by atoms with Gasteiger partial charge >= 0.3 is 5.97 Å². The van der Waals surface area contributed by atoms with E-state index >= 15 is 0 Å². The standard InChI is InChI=1S/C15H14O3/c16-14(17)15(10-13-6-3-7-18-13)8-11-4-1-2-5-12(11)9-15/h1-7H,8-10H2,(H,16,17). The third kappa shape index (κ3) is 1.72. The lowest BCUT2D eigenvalue weighted by Gasteiger charge is -2.22. The topological polar surface area (TPSA) is 50.4 Å². The van der Waals surface area contributed by atoms with Gasteiger partial charge in [-0.1, -0.05) is 24.3 Å². The van der Waals surface area contributed by atoms with Crippen molar-refractivity contribution in [1.82, 2.24) is 0 Å². The second-order valence-corrected chi connectivity index (χ2v) is 4.96. The molecule has 1 heterocycles. The van der Waals surface area contributed by atoms with E-state index in [9.17, 15) is 9.90 Å². The van der Waals surface area contributed by atoms with E-state index in [1.54, 1.807) is 12.3 Å². The van der Waals surface area contributed by atoms with E-state index in [0.717, 1.165) is 16.9 Å². The second kappa shape index (κ2) is 4.02. The fourth-order valence-electron chi connectivity index (χ4n) is 2.79. The molecule has 18 heavy (non-hydrogen) atoms. The molecule has 3 rings (SSSR count). The van der Waals surface area contributed by atoms with Gasteiger partial charge < -0.3 is 9.52 Å². The minimum atomic E-state index is -0.748. The Morgan fingerprint density at radius 1 is 1.17 bits per heavy atom. The first kappa shape index (κ1) is 11.1. The van der Waals surface area contributed by atoms with Gasteiger partial charge in [-0.05, 0) is 36.1 Å². The smallest absolute Gasteiger partial charge is 0.310 e. The predicted molar refractivity (Wildman–Crippen MR) is 66.3 cm³/mol. The van der Waals surface area contributed by atoms with Gasteiger partial charge in [0.1, 0.15) is 5.76 Å². The van der Waals surface area contributed by atoms with Crippen LogP contribution < -0.4 is 0 Å². The minimum absolute atomic E-state index is 0.448. The predicted octanol–water partition coefficient (Wildman–Crippen LogP) is 2.69. The number of carbonyl (C=O) groups is 1. The molecule has 0 aliphatic heterocycles. The Bertz CT molecular complexity index is 539. The average molecular weight is 242 g/mol. The van der Waals surface area contributed by atoms with Crippen molar-refractivity contribution in [2.24, 2.45) is 5.41 Å². The molecule has 92 valence electrons. The van der Waals surface area contributed by atoms with Gasteiger partial charge in [-0.2, -0.15) is 0 Å². The second-order valence-electron chi connectivity index (χ2n) is 4.96. The van der Waals surface area contributed by atoms with Gasteiger partial charge in [0.05, 0.1) is 11.7 Å². The first-order valence-electron chi connectivity index (χ1n) is 6.02. The highest BCUT2D eigenvalue weighted by molar-refractivity contribution is 5.77. The fourth-order valence-corrected chi connectivity index (χ4v) is 2.79. The molecule has 2 aromatic rings. The quantitative estimate of drug-likeness (QED) is 0.900. The van der Waals surface area contributed by atoms with Crippen molar-refractivity contribution < 1.29 is 14.3 Å². The summed E-state index contributed by atoms with van der Waals surface area (Å²) >= 11 is 0. The molecule has 0 fully saturated rings. The number of hydrogen-bond donors (Lipinski definition) is 1. The lowest BCUT2D eigenvalue weighted by molar-refractivity contribution is -0.148. The van der Waals surface area contributed by atoms with E-state index in [0.29, 0.717) is 19.3 Å². The van der Waals surface area contributed by atoms with Crippen LogP contribution in [0.15, 0.2) is 47.1 Å². The van der Waals surface area contributed by atoms with Crippen LogP contribution in [-0.4, -0.2) is 11.1 Å². The highest BCUT2D eigenvalue weighted by atomic mass is 16.4. The third-order valence-electron chi connectivity index (χ3n) is 3.72. The Balaban J connectivity index is 1.94. The monoisotopic (exact) mass is 242 g/mol. The zero-order valence-corrected chi connectivity index (χ0v) is 9.93. The van der Waals surface area contributed by atoms with E-state index in [4.69, 9.17) is 4.42 Å². The maximum Gasteiger partial charge on any atom is 0.310 e. The van der Waals surface area contributed by atoms with E-state index in [1.165, 1.54) is 0 Å². The summed E-state index contributed by atoms with van der Waals surface area (Å²) in [6.45, 7) is 0. The number of rotatable bonds is 3. The maximum atomic E-state index is 11.7. The lowest BCUT2D eigenvalue weighted by atomic mass is 9.80. The van der Waals surface area contributed by atoms with Crippen LogP contribution in [0.25, 0.3) is 0 Å². The fraction of sp³-hybridized carbons (Fsp3) is 0.267. The van der Waals surface area contributed by atoms with Gasteiger partial charge in [-0.25, -0.2) is 0 Å². The van der Waals surface area contributed by atoms with Crippen LogP contribution in [0.3, 0.4) is 0 Å². The molecule has 3 heteroatoms. The molecule has 0 unspecified atom stereocenters. The Kier molecular flexibility index (Phi) is 2.47. The minimum Gasteiger partial charge on any atom is -0.481 e. The van der Waals surface area contributed by atoms with Crippen molar-refractivity contribution >= 4 is 5.97 Å². The molecule has 3 nitrogen and oxygen atoms in total. The van der Waals surface area contributed by atoms with E-state index in [2.05, 4.69) is 0 Å². The average Bonchev–Trinajstić information content (AvgIpc) is 2.96. The normalized spacial score (nSPS) is 16.4. The third-order valence-corrected chi connectivity index (χ3v) is 3.72. The molecule has 1 aliphatic carbocycles. The summed E-state index contributed by atoms with van der Waals surface area (Å²) in [5.74, 6) is 0.000283. The van der Waals surface area contributed by atoms with Gasteiger partial charge in [0.2, 0.25) is 0 Å². The largest absolute Gasteiger partial charge is 0.481 e. The molecule has 1 aromatic carbocycles. The van der Waals surface area contributed by atoms with Gasteiger partial charge in [-0.3, -0.25) is 4.79 Å². The van der Waals surface area contributed by atoms with Crippen LogP contribution in [0.5, 0.6) is 0 Å². The van der Waals surface area contributed by atoms with Gasteiger partial charge in [0.25, 0.3) is 0 Å². The Hall–Kier alpha value is -2.03. The van der Waals surface area contributed by atoms with Crippen molar-refractivity contribution in [2.45, 2.75) is 19.3 Å². The Morgan fingerprint density at radius 3 is 2.33 bits per heavy atom. The molecular weight excluding hydrogens is 228 g/mol. The van der Waals surface area contributed by atoms with Crippen molar-refractivity contribution in [3.05, 3.63) is 59.5 Å². The summed E-state index contributed by atoms with van der Waals surface area (Å²) < 4.78 is 5.31. The van der Waals surface area contributed by atoms with Crippen LogP contribution in [0, 0.1) is 5.41 Å². The number of aliphatic carboxylic acids is 1. The van der Waals surface area contributed by atoms with E-state index in [1.807, 2.05) is 30.3 Å². The molecule has 0 bridgehead atoms. The van der Waals surface area contributed by atoms with Crippen molar-refractivity contribution in [3.63, 3.8) is 0 Å². The van der Waals surface area contributed by atoms with Crippen molar-refractivity contribution in [1.29, 1.82) is 0 Å². The number of carboxylic acid groups (broad SMARTS) is 1. The van der Waals surface area contributed by atoms with Crippen molar-refractivity contribution in [2.75, 3.05) is 0 Å². The van der Waals surface area contributed by atoms with E-state index in [-0.39, 0.29) is 0 Å². The number of fused-ring (bicyclic) bond motifs is 1. The summed E-state index contributed by atoms with van der Waals surface area (Å²) in [6.07, 6.45) is 3.20. The van der Waals surface area contributed by atoms with Crippen LogP contribution in [-0.2, 0) is 24.1 Å². The highest BCUT2D eigenvalue weighted by Crippen LogP contribution is 2.40. The summed E-state index contributed by atoms with van der Waals surface area (Å²) in [7, 11) is 0. The highest BCUT2D eigenvalue weighted by Gasteiger charge is 2.44. The lowest BCUT2D eigenvalue weighted by Crippen LogP contribution is -2.34. The van der Waals surface area contributed by atoms with Crippen LogP contribution in [0.4, 0.5) is 0 Å². The van der Waals surface area contributed by atoms with Gasteiger partial charge in [0, 0.05) is 6.42 Å². The van der Waals surface area contributed by atoms with E-state index < -0.39 is 11.4 Å². The van der Waals surface area contributed by atoms with Gasteiger partial charge in [0.15, 0.2) is 0 Å². The number of benzene rings is 1. The molecule has 0 radical (unpaired) electrons. The Labute approximate surface area is 105 Å². The molecule has 1 aromatic heterocycles. The molecule has 0 amide bonds. The first-order chi connectivity index (χ1) is 8.70. The van der Waals surface area contributed by atoms with Gasteiger partial charge in [-0.15, -0.1) is 0 Å². The Morgan fingerprint density at radius 2 is 1.83 bits per heavy atom. The number of carboxylic acids is 1. The summed E-state index contributed by atoms with van der Waals surface area (Å²) in [4.78, 5) is 11.7.